The molecular weight excluding hydrogens is 248 g/mol. The van der Waals surface area contributed by atoms with E-state index in [4.69, 9.17) is 4.74 Å². The molecule has 1 aromatic rings. The first-order chi connectivity index (χ1) is 9.34. The van der Waals surface area contributed by atoms with Crippen LogP contribution in [-0.2, 0) is 16.1 Å². The number of esters is 1. The van der Waals surface area contributed by atoms with E-state index < -0.39 is 0 Å². The molecule has 0 heterocycles. The van der Waals surface area contributed by atoms with Crippen molar-refractivity contribution in [2.45, 2.75) is 41.2 Å². The highest BCUT2D eigenvalue weighted by Gasteiger charge is 2.61. The fraction of sp³-hybridized carbons (Fsp3) is 0.500. The maximum atomic E-state index is 12.2. The third-order valence-corrected chi connectivity index (χ3v) is 4.31. The van der Waals surface area contributed by atoms with Gasteiger partial charge in [0.05, 0.1) is 5.92 Å². The predicted octanol–water partition coefficient (Wildman–Crippen LogP) is 4.28. The molecule has 2 heteroatoms. The summed E-state index contributed by atoms with van der Waals surface area (Å²) in [6.45, 7) is 10.8. The maximum Gasteiger partial charge on any atom is 0.310 e. The molecule has 2 atom stereocenters. The molecule has 1 fully saturated rings. The second kappa shape index (κ2) is 5.43. The molecule has 0 spiro atoms. The minimum Gasteiger partial charge on any atom is -0.461 e. The zero-order valence-electron chi connectivity index (χ0n) is 13.1. The molecule has 1 saturated carbocycles. The van der Waals surface area contributed by atoms with Crippen molar-refractivity contribution in [3.63, 3.8) is 0 Å². The maximum absolute atomic E-state index is 12.2. The molecule has 1 aromatic carbocycles. The van der Waals surface area contributed by atoms with Gasteiger partial charge in [-0.15, -0.1) is 0 Å². The van der Waals surface area contributed by atoms with Crippen LogP contribution in [0.1, 0.15) is 38.8 Å². The van der Waals surface area contributed by atoms with Crippen molar-refractivity contribution in [1.29, 1.82) is 0 Å². The minimum atomic E-state index is -0.0687. The van der Waals surface area contributed by atoms with Gasteiger partial charge in [0.1, 0.15) is 6.61 Å². The van der Waals surface area contributed by atoms with E-state index in [-0.39, 0.29) is 17.3 Å². The van der Waals surface area contributed by atoms with Gasteiger partial charge in [-0.1, -0.05) is 49.8 Å². The molecule has 0 radical (unpaired) electrons. The standard InChI is InChI=1S/C18H24O2/c1-12(2)10-15-16(18(15,4)5)17(19)20-11-14-9-7-6-8-13(14)3/h6-10,15-16H,11H2,1-5H3. The van der Waals surface area contributed by atoms with Crippen LogP contribution in [0.3, 0.4) is 0 Å². The van der Waals surface area contributed by atoms with E-state index in [1.165, 1.54) is 5.57 Å². The lowest BCUT2D eigenvalue weighted by atomic mass is 10.1. The lowest BCUT2D eigenvalue weighted by Crippen LogP contribution is -2.11. The largest absolute Gasteiger partial charge is 0.461 e. The molecule has 0 bridgehead atoms. The summed E-state index contributed by atoms with van der Waals surface area (Å²) in [4.78, 5) is 12.2. The summed E-state index contributed by atoms with van der Waals surface area (Å²) in [5.74, 6) is 0.249. The van der Waals surface area contributed by atoms with Crippen molar-refractivity contribution in [3.8, 4) is 0 Å². The first kappa shape index (κ1) is 14.8. The van der Waals surface area contributed by atoms with Crippen LogP contribution in [0, 0.1) is 24.2 Å². The lowest BCUT2D eigenvalue weighted by molar-refractivity contribution is -0.147. The first-order valence-corrected chi connectivity index (χ1v) is 7.20. The normalized spacial score (nSPS) is 23.1. The van der Waals surface area contributed by atoms with Crippen LogP contribution in [0.5, 0.6) is 0 Å². The Balaban J connectivity index is 1.97. The minimum absolute atomic E-state index is 0.00131. The van der Waals surface area contributed by atoms with E-state index in [9.17, 15) is 4.79 Å². The fourth-order valence-electron chi connectivity index (χ4n) is 2.81. The molecule has 0 amide bonds. The SMILES string of the molecule is CC(C)=CC1C(C(=O)OCc2ccccc2C)C1(C)C. The predicted molar refractivity (Wildman–Crippen MR) is 81.2 cm³/mol. The highest BCUT2D eigenvalue weighted by Crippen LogP contribution is 2.59. The van der Waals surface area contributed by atoms with Crippen LogP contribution in [0.15, 0.2) is 35.9 Å². The van der Waals surface area contributed by atoms with Crippen LogP contribution < -0.4 is 0 Å². The van der Waals surface area contributed by atoms with Gasteiger partial charge in [-0.05, 0) is 43.2 Å². The van der Waals surface area contributed by atoms with Crippen molar-refractivity contribution < 1.29 is 9.53 Å². The number of benzene rings is 1. The van der Waals surface area contributed by atoms with Gasteiger partial charge < -0.3 is 4.74 Å². The van der Waals surface area contributed by atoms with Gasteiger partial charge in [0.2, 0.25) is 0 Å². The zero-order valence-corrected chi connectivity index (χ0v) is 13.1. The van der Waals surface area contributed by atoms with Crippen LogP contribution in [0.25, 0.3) is 0 Å². The third-order valence-electron chi connectivity index (χ3n) is 4.31. The highest BCUT2D eigenvalue weighted by molar-refractivity contribution is 5.78. The molecule has 2 nitrogen and oxygen atoms in total. The molecule has 108 valence electrons. The molecule has 0 N–H and O–H groups in total. The number of allylic oxidation sites excluding steroid dienone is 2. The Morgan fingerprint density at radius 1 is 1.30 bits per heavy atom. The van der Waals surface area contributed by atoms with Gasteiger partial charge in [-0.2, -0.15) is 0 Å². The van der Waals surface area contributed by atoms with E-state index in [2.05, 4.69) is 33.8 Å². The summed E-state index contributed by atoms with van der Waals surface area (Å²) in [7, 11) is 0. The van der Waals surface area contributed by atoms with Gasteiger partial charge in [-0.3, -0.25) is 4.79 Å². The quantitative estimate of drug-likeness (QED) is 0.604. The summed E-state index contributed by atoms with van der Waals surface area (Å²) >= 11 is 0. The summed E-state index contributed by atoms with van der Waals surface area (Å²) < 4.78 is 5.51. The molecule has 20 heavy (non-hydrogen) atoms. The van der Waals surface area contributed by atoms with Gasteiger partial charge in [-0.25, -0.2) is 0 Å². The van der Waals surface area contributed by atoms with Crippen LogP contribution in [0.2, 0.25) is 0 Å². The Labute approximate surface area is 121 Å². The first-order valence-electron chi connectivity index (χ1n) is 7.20. The van der Waals surface area contributed by atoms with Gasteiger partial charge in [0.15, 0.2) is 0 Å². The van der Waals surface area contributed by atoms with E-state index in [0.29, 0.717) is 12.5 Å². The molecule has 2 unspecified atom stereocenters. The average Bonchev–Trinajstić information content (AvgIpc) is 2.88. The Bertz CT molecular complexity index is 536. The molecule has 2 rings (SSSR count). The molecule has 1 aliphatic carbocycles. The van der Waals surface area contributed by atoms with Crippen molar-refractivity contribution >= 4 is 5.97 Å². The second-order valence-corrected chi connectivity index (χ2v) is 6.60. The Hall–Kier alpha value is -1.57. The van der Waals surface area contributed by atoms with Crippen molar-refractivity contribution in [2.24, 2.45) is 17.3 Å². The lowest BCUT2D eigenvalue weighted by Gasteiger charge is -2.08. The van der Waals surface area contributed by atoms with Gasteiger partial charge >= 0.3 is 5.97 Å². The number of hydrogen-bond acceptors (Lipinski definition) is 2. The van der Waals surface area contributed by atoms with Crippen molar-refractivity contribution in [1.82, 2.24) is 0 Å². The summed E-state index contributed by atoms with van der Waals surface area (Å²) in [6, 6.07) is 8.02. The smallest absolute Gasteiger partial charge is 0.310 e. The van der Waals surface area contributed by atoms with Crippen LogP contribution in [0.4, 0.5) is 0 Å². The fourth-order valence-corrected chi connectivity index (χ4v) is 2.81. The summed E-state index contributed by atoms with van der Waals surface area (Å²) in [5, 5.41) is 0. The summed E-state index contributed by atoms with van der Waals surface area (Å²) in [5.41, 5.74) is 3.53. The zero-order chi connectivity index (χ0) is 14.9. The molecule has 0 aromatic heterocycles. The number of carbonyl (C=O) groups is 1. The van der Waals surface area contributed by atoms with E-state index >= 15 is 0 Å². The van der Waals surface area contributed by atoms with E-state index in [1.807, 2.05) is 31.2 Å². The van der Waals surface area contributed by atoms with Crippen molar-refractivity contribution in [3.05, 3.63) is 47.0 Å². The monoisotopic (exact) mass is 272 g/mol. The van der Waals surface area contributed by atoms with Gasteiger partial charge in [0.25, 0.3) is 0 Å². The van der Waals surface area contributed by atoms with Crippen molar-refractivity contribution in [2.75, 3.05) is 0 Å². The topological polar surface area (TPSA) is 26.3 Å². The molecule has 0 aliphatic heterocycles. The summed E-state index contributed by atoms with van der Waals surface area (Å²) in [6.07, 6.45) is 2.19. The molecule has 0 saturated heterocycles. The number of hydrogen-bond donors (Lipinski definition) is 0. The van der Waals surface area contributed by atoms with Crippen LogP contribution in [-0.4, -0.2) is 5.97 Å². The third kappa shape index (κ3) is 2.95. The average molecular weight is 272 g/mol. The van der Waals surface area contributed by atoms with E-state index in [1.54, 1.807) is 0 Å². The Morgan fingerprint density at radius 2 is 1.95 bits per heavy atom. The van der Waals surface area contributed by atoms with Crippen LogP contribution >= 0.6 is 0 Å². The second-order valence-electron chi connectivity index (χ2n) is 6.60. The molecular formula is C18H24O2. The Kier molecular flexibility index (Phi) is 4.03. The number of aryl methyl sites for hydroxylation is 1. The number of ether oxygens (including phenoxy) is 1. The van der Waals surface area contributed by atoms with Gasteiger partial charge in [0, 0.05) is 0 Å². The van der Waals surface area contributed by atoms with E-state index in [0.717, 1.165) is 11.1 Å². The number of carbonyl (C=O) groups excluding carboxylic acids is 1. The Morgan fingerprint density at radius 3 is 2.55 bits per heavy atom. The number of rotatable bonds is 4. The molecule has 1 aliphatic rings. The highest BCUT2D eigenvalue weighted by atomic mass is 16.5.